The molecule has 0 radical (unpaired) electrons. The number of carbonyl (C=O) groups is 2. The van der Waals surface area contributed by atoms with Gasteiger partial charge in [0.05, 0.1) is 6.54 Å². The minimum Gasteiger partial charge on any atom is -0.318 e. The molecule has 3 rings (SSSR count). The van der Waals surface area contributed by atoms with Crippen LogP contribution in [-0.2, 0) is 11.4 Å². The van der Waals surface area contributed by atoms with Crippen molar-refractivity contribution in [1.82, 2.24) is 15.3 Å². The number of hydrogen-bond donors (Lipinski definition) is 1. The Hall–Kier alpha value is -1.60. The Balaban J connectivity index is 1.68. The number of hydrogen-bond acceptors (Lipinski definition) is 4. The molecule has 2 aliphatic heterocycles. The molecule has 1 aromatic carbocycles. The summed E-state index contributed by atoms with van der Waals surface area (Å²) in [5.74, 6) is -0.273. The van der Waals surface area contributed by atoms with Crippen LogP contribution in [0, 0.1) is 0 Å². The van der Waals surface area contributed by atoms with Crippen LogP contribution in [0.4, 0.5) is 4.79 Å². The number of amides is 2. The molecule has 2 heterocycles. The molecular formula is C13H14BrN3O3. The fourth-order valence-electron chi connectivity index (χ4n) is 2.32. The number of rotatable bonds is 1. The summed E-state index contributed by atoms with van der Waals surface area (Å²) in [5, 5.41) is 4.28. The van der Waals surface area contributed by atoms with Crippen molar-refractivity contribution in [3.05, 3.63) is 33.8 Å². The van der Waals surface area contributed by atoms with Gasteiger partial charge in [0, 0.05) is 36.2 Å². The maximum Gasteiger partial charge on any atom is 0.434 e. The number of benzene rings is 1. The van der Waals surface area contributed by atoms with Crippen molar-refractivity contribution in [2.24, 2.45) is 0 Å². The van der Waals surface area contributed by atoms with E-state index in [0.717, 1.165) is 28.2 Å². The molecule has 7 heteroatoms. The second-order valence-electron chi connectivity index (χ2n) is 4.74. The van der Waals surface area contributed by atoms with Gasteiger partial charge < -0.3 is 15.1 Å². The molecule has 0 bridgehead atoms. The van der Waals surface area contributed by atoms with Crippen molar-refractivity contribution >= 4 is 27.9 Å². The minimum atomic E-state index is -0.466. The molecule has 106 valence electrons. The maximum atomic E-state index is 12.2. The highest BCUT2D eigenvalue weighted by Gasteiger charge is 2.32. The molecule has 0 atom stereocenters. The van der Waals surface area contributed by atoms with Crippen LogP contribution < -0.4 is 5.32 Å². The van der Waals surface area contributed by atoms with Crippen LogP contribution in [0.3, 0.4) is 0 Å². The largest absolute Gasteiger partial charge is 0.434 e. The van der Waals surface area contributed by atoms with Gasteiger partial charge in [-0.15, -0.1) is 0 Å². The first kappa shape index (κ1) is 13.4. The first-order valence-corrected chi connectivity index (χ1v) is 7.22. The van der Waals surface area contributed by atoms with Crippen LogP contribution in [-0.4, -0.2) is 48.1 Å². The van der Waals surface area contributed by atoms with Crippen LogP contribution in [0.5, 0.6) is 0 Å². The van der Waals surface area contributed by atoms with E-state index >= 15 is 0 Å². The van der Waals surface area contributed by atoms with Crippen molar-refractivity contribution in [1.29, 1.82) is 0 Å². The highest BCUT2D eigenvalue weighted by Crippen LogP contribution is 2.26. The Bertz CT molecular complexity index is 558. The van der Waals surface area contributed by atoms with Crippen LogP contribution in [0.2, 0.25) is 0 Å². The number of piperazine rings is 1. The van der Waals surface area contributed by atoms with Crippen LogP contribution >= 0.6 is 15.9 Å². The Kier molecular flexibility index (Phi) is 3.62. The van der Waals surface area contributed by atoms with E-state index in [4.69, 9.17) is 4.84 Å². The molecule has 2 aliphatic rings. The van der Waals surface area contributed by atoms with Crippen LogP contribution in [0.15, 0.2) is 22.7 Å². The fourth-order valence-corrected chi connectivity index (χ4v) is 2.68. The average Bonchev–Trinajstić information content (AvgIpc) is 2.76. The number of fused-ring (bicyclic) bond motifs is 1. The summed E-state index contributed by atoms with van der Waals surface area (Å²) >= 11 is 3.33. The maximum absolute atomic E-state index is 12.2. The lowest BCUT2D eigenvalue weighted by Gasteiger charge is -2.27. The number of hydroxylamine groups is 2. The molecular weight excluding hydrogens is 326 g/mol. The molecule has 1 aromatic rings. The quantitative estimate of drug-likeness (QED) is 0.839. The summed E-state index contributed by atoms with van der Waals surface area (Å²) in [6.45, 7) is 2.99. The van der Waals surface area contributed by atoms with Gasteiger partial charge in [-0.2, -0.15) is 5.06 Å². The zero-order chi connectivity index (χ0) is 14.1. The molecule has 6 nitrogen and oxygen atoms in total. The minimum absolute atomic E-state index is 0.273. The summed E-state index contributed by atoms with van der Waals surface area (Å²) in [4.78, 5) is 31.0. The summed E-state index contributed by atoms with van der Waals surface area (Å²) in [7, 11) is 0. The van der Waals surface area contributed by atoms with Crippen LogP contribution in [0.1, 0.15) is 15.9 Å². The first-order chi connectivity index (χ1) is 9.65. The standard InChI is InChI=1S/C13H14BrN3O3/c14-10-2-1-9-8-17(12(18)11(9)7-10)20-13(19)16-5-3-15-4-6-16/h1-2,7,15H,3-6,8H2. The highest BCUT2D eigenvalue weighted by atomic mass is 79.9. The summed E-state index contributed by atoms with van der Waals surface area (Å²) in [6, 6.07) is 5.47. The molecule has 0 aromatic heterocycles. The molecule has 0 spiro atoms. The number of nitrogens with one attached hydrogen (secondary N) is 1. The third kappa shape index (κ3) is 2.51. The summed E-state index contributed by atoms with van der Waals surface area (Å²) in [6.07, 6.45) is -0.466. The molecule has 0 saturated carbocycles. The van der Waals surface area contributed by atoms with Gasteiger partial charge in [0.25, 0.3) is 5.91 Å². The Labute approximate surface area is 124 Å². The Morgan fingerprint density at radius 2 is 2.05 bits per heavy atom. The number of nitrogens with zero attached hydrogens (tertiary/aromatic N) is 2. The fraction of sp³-hybridized carbons (Fsp3) is 0.385. The van der Waals surface area contributed by atoms with E-state index in [9.17, 15) is 9.59 Å². The van der Waals surface area contributed by atoms with Gasteiger partial charge in [0.2, 0.25) is 0 Å². The van der Waals surface area contributed by atoms with E-state index in [1.54, 1.807) is 11.0 Å². The van der Waals surface area contributed by atoms with Gasteiger partial charge in [-0.1, -0.05) is 22.0 Å². The smallest absolute Gasteiger partial charge is 0.318 e. The van der Waals surface area contributed by atoms with E-state index in [1.807, 2.05) is 12.1 Å². The van der Waals surface area contributed by atoms with Crippen molar-refractivity contribution in [3.8, 4) is 0 Å². The van der Waals surface area contributed by atoms with E-state index in [2.05, 4.69) is 21.2 Å². The average molecular weight is 340 g/mol. The molecule has 2 amide bonds. The lowest BCUT2D eigenvalue weighted by atomic mass is 10.1. The third-order valence-electron chi connectivity index (χ3n) is 3.41. The van der Waals surface area contributed by atoms with Crippen LogP contribution in [0.25, 0.3) is 0 Å². The van der Waals surface area contributed by atoms with E-state index < -0.39 is 6.09 Å². The predicted octanol–water partition coefficient (Wildman–Crippen LogP) is 1.36. The van der Waals surface area contributed by atoms with E-state index in [0.29, 0.717) is 25.2 Å². The lowest BCUT2D eigenvalue weighted by Crippen LogP contribution is -2.48. The zero-order valence-electron chi connectivity index (χ0n) is 10.8. The number of halogens is 1. The van der Waals surface area contributed by atoms with Gasteiger partial charge >= 0.3 is 6.09 Å². The Morgan fingerprint density at radius 3 is 2.80 bits per heavy atom. The Morgan fingerprint density at radius 1 is 1.30 bits per heavy atom. The van der Waals surface area contributed by atoms with Crippen molar-refractivity contribution in [3.63, 3.8) is 0 Å². The van der Waals surface area contributed by atoms with E-state index in [1.165, 1.54) is 0 Å². The molecule has 1 N–H and O–H groups in total. The van der Waals surface area contributed by atoms with Gasteiger partial charge in [0.1, 0.15) is 0 Å². The highest BCUT2D eigenvalue weighted by molar-refractivity contribution is 9.10. The number of carbonyl (C=O) groups excluding carboxylic acids is 2. The predicted molar refractivity (Wildman–Crippen MR) is 74.9 cm³/mol. The summed E-state index contributed by atoms with van der Waals surface area (Å²) in [5.41, 5.74) is 1.44. The zero-order valence-corrected chi connectivity index (χ0v) is 12.4. The van der Waals surface area contributed by atoms with E-state index in [-0.39, 0.29) is 5.91 Å². The van der Waals surface area contributed by atoms with Gasteiger partial charge in [0.15, 0.2) is 0 Å². The van der Waals surface area contributed by atoms with Gasteiger partial charge in [-0.3, -0.25) is 4.79 Å². The van der Waals surface area contributed by atoms with Gasteiger partial charge in [-0.25, -0.2) is 4.79 Å². The molecule has 20 heavy (non-hydrogen) atoms. The lowest BCUT2D eigenvalue weighted by molar-refractivity contribution is -0.0833. The molecule has 1 fully saturated rings. The summed E-state index contributed by atoms with van der Waals surface area (Å²) < 4.78 is 0.833. The van der Waals surface area contributed by atoms with Gasteiger partial charge in [-0.05, 0) is 17.7 Å². The second-order valence-corrected chi connectivity index (χ2v) is 5.65. The van der Waals surface area contributed by atoms with Crippen molar-refractivity contribution in [2.75, 3.05) is 26.2 Å². The third-order valence-corrected chi connectivity index (χ3v) is 3.90. The molecule has 0 unspecified atom stereocenters. The van der Waals surface area contributed by atoms with Crippen molar-refractivity contribution < 1.29 is 14.4 Å². The molecule has 0 aliphatic carbocycles. The second kappa shape index (κ2) is 5.41. The topological polar surface area (TPSA) is 61.9 Å². The normalized spacial score (nSPS) is 18.1. The monoisotopic (exact) mass is 339 g/mol. The first-order valence-electron chi connectivity index (χ1n) is 6.43. The molecule has 1 saturated heterocycles. The SMILES string of the molecule is O=C(ON1Cc2ccc(Br)cc2C1=O)N1CCNCC1. The van der Waals surface area contributed by atoms with Crippen molar-refractivity contribution in [2.45, 2.75) is 6.54 Å².